The Morgan fingerprint density at radius 3 is 0.581 bits per heavy atom. The van der Waals surface area contributed by atoms with Gasteiger partial charge in [-0.3, -0.25) is 0 Å². The van der Waals surface area contributed by atoms with Crippen molar-refractivity contribution in [3.05, 3.63) is 291 Å². The smallest absolute Gasteiger partial charge is 0.0541 e. The fourth-order valence-corrected chi connectivity index (χ4v) is 11.3. The van der Waals surface area contributed by atoms with Gasteiger partial charge in [-0.15, -0.1) is 0 Å². The van der Waals surface area contributed by atoms with Crippen molar-refractivity contribution < 1.29 is 0 Å². The summed E-state index contributed by atoms with van der Waals surface area (Å²) >= 11 is 0. The van der Waals surface area contributed by atoms with Crippen molar-refractivity contribution in [2.45, 2.75) is 0 Å². The molecular formula is C72H48N2. The third kappa shape index (κ3) is 7.69. The van der Waals surface area contributed by atoms with Crippen LogP contribution in [-0.2, 0) is 0 Å². The highest BCUT2D eigenvalue weighted by molar-refractivity contribution is 6.10. The quantitative estimate of drug-likeness (QED) is 0.136. The first-order chi connectivity index (χ1) is 36.7. The molecule has 74 heavy (non-hydrogen) atoms. The molecule has 14 aromatic rings. The summed E-state index contributed by atoms with van der Waals surface area (Å²) in [6.45, 7) is 0. The van der Waals surface area contributed by atoms with Gasteiger partial charge in [-0.05, 0) is 181 Å². The van der Waals surface area contributed by atoms with Gasteiger partial charge >= 0.3 is 0 Å². The lowest BCUT2D eigenvalue weighted by atomic mass is 9.88. The molecule has 0 spiro atoms. The molecular weight excluding hydrogens is 893 g/mol. The predicted molar refractivity (Wildman–Crippen MR) is 313 cm³/mol. The number of benzene rings is 12. The summed E-state index contributed by atoms with van der Waals surface area (Å²) in [6.07, 6.45) is 0. The van der Waals surface area contributed by atoms with Crippen molar-refractivity contribution >= 4 is 43.6 Å². The van der Waals surface area contributed by atoms with E-state index in [1.807, 2.05) is 0 Å². The Morgan fingerprint density at radius 2 is 0.338 bits per heavy atom. The highest BCUT2D eigenvalue weighted by atomic mass is 15.0. The second kappa shape index (κ2) is 18.1. The lowest BCUT2D eigenvalue weighted by Crippen LogP contribution is -1.94. The fourth-order valence-electron chi connectivity index (χ4n) is 11.3. The Hall–Kier alpha value is -9.76. The average molecular weight is 941 g/mol. The van der Waals surface area contributed by atoms with Gasteiger partial charge in [0, 0.05) is 32.9 Å². The summed E-state index contributed by atoms with van der Waals surface area (Å²) in [6, 6.07) is 107. The first kappa shape index (κ1) is 43.1. The normalized spacial score (nSPS) is 11.5. The van der Waals surface area contributed by atoms with Crippen molar-refractivity contribution in [1.82, 2.24) is 9.13 Å². The van der Waals surface area contributed by atoms with E-state index in [0.29, 0.717) is 0 Å². The van der Waals surface area contributed by atoms with Crippen LogP contribution in [0.4, 0.5) is 0 Å². The second-order valence-corrected chi connectivity index (χ2v) is 19.3. The molecule has 0 aliphatic rings. The molecule has 0 bridgehead atoms. The van der Waals surface area contributed by atoms with E-state index in [9.17, 15) is 0 Å². The van der Waals surface area contributed by atoms with Gasteiger partial charge in [-0.25, -0.2) is 0 Å². The molecule has 14 rings (SSSR count). The van der Waals surface area contributed by atoms with Crippen LogP contribution >= 0.6 is 0 Å². The highest BCUT2D eigenvalue weighted by Gasteiger charge is 2.17. The Bertz CT molecular complexity index is 4030. The van der Waals surface area contributed by atoms with Gasteiger partial charge in [-0.2, -0.15) is 0 Å². The van der Waals surface area contributed by atoms with Gasteiger partial charge in [0.2, 0.25) is 0 Å². The molecule has 0 amide bonds. The molecule has 0 aliphatic carbocycles. The molecule has 0 N–H and O–H groups in total. The maximum atomic E-state index is 2.39. The lowest BCUT2D eigenvalue weighted by Gasteiger charge is -2.16. The summed E-state index contributed by atoms with van der Waals surface area (Å²) in [4.78, 5) is 0. The fraction of sp³-hybridized carbons (Fsp3) is 0. The van der Waals surface area contributed by atoms with Crippen LogP contribution in [0.15, 0.2) is 291 Å². The zero-order chi connectivity index (χ0) is 49.0. The summed E-state index contributed by atoms with van der Waals surface area (Å²) in [5.74, 6) is 0. The van der Waals surface area contributed by atoms with Crippen LogP contribution < -0.4 is 0 Å². The van der Waals surface area contributed by atoms with Crippen molar-refractivity contribution in [1.29, 1.82) is 0 Å². The molecule has 346 valence electrons. The highest BCUT2D eigenvalue weighted by Crippen LogP contribution is 2.41. The summed E-state index contributed by atoms with van der Waals surface area (Å²) in [7, 11) is 0. The maximum absolute atomic E-state index is 2.39. The SMILES string of the molecule is c1ccc(-c2cc(-c3ccccc3)cc(-c3cc(-c4ccccc4)cc(-c4cc(-c5ccc(-n6c7ccccc7c7ccccc76)cc5)cc(-c5ccc(-n6c7ccccc7c7ccccc76)cc5)c4)c3)c2)cc1. The summed E-state index contributed by atoms with van der Waals surface area (Å²) in [5, 5.41) is 5.03. The van der Waals surface area contributed by atoms with E-state index in [2.05, 4.69) is 300 Å². The lowest BCUT2D eigenvalue weighted by molar-refractivity contribution is 1.18. The van der Waals surface area contributed by atoms with E-state index >= 15 is 0 Å². The molecule has 0 fully saturated rings. The molecule has 0 unspecified atom stereocenters. The molecule has 0 radical (unpaired) electrons. The number of nitrogens with zero attached hydrogens (tertiary/aromatic N) is 2. The van der Waals surface area contributed by atoms with Crippen LogP contribution in [0.3, 0.4) is 0 Å². The largest absolute Gasteiger partial charge is 0.309 e. The first-order valence-corrected chi connectivity index (χ1v) is 25.5. The standard InChI is InChI=1S/C72H48N2/c1-4-18-49(19-5-1)54-40-55(50-20-6-2-7-21-50)43-59(42-54)61-44-56(51-22-8-3-9-23-51)45-62(48-61)60-46-57(52-32-36-63(37-33-52)73-69-28-14-10-24-65(69)66-25-11-15-29-70(66)73)41-58(47-60)53-34-38-64(39-35-53)74-71-30-16-12-26-67(71)68-27-13-17-31-72(68)74/h1-48H. The van der Waals surface area contributed by atoms with E-state index < -0.39 is 0 Å². The Labute approximate surface area is 431 Å². The van der Waals surface area contributed by atoms with Crippen LogP contribution in [0.25, 0.3) is 133 Å². The zero-order valence-electron chi connectivity index (χ0n) is 40.6. The number of rotatable bonds is 9. The van der Waals surface area contributed by atoms with Crippen LogP contribution in [0.2, 0.25) is 0 Å². The molecule has 2 heteroatoms. The second-order valence-electron chi connectivity index (χ2n) is 19.3. The molecule has 0 atom stereocenters. The summed E-state index contributed by atoms with van der Waals surface area (Å²) < 4.78 is 4.78. The molecule has 2 heterocycles. The van der Waals surface area contributed by atoms with Crippen molar-refractivity contribution in [3.63, 3.8) is 0 Å². The van der Waals surface area contributed by atoms with Crippen LogP contribution in [0.5, 0.6) is 0 Å². The zero-order valence-corrected chi connectivity index (χ0v) is 40.6. The average Bonchev–Trinajstić information content (AvgIpc) is 4.01. The monoisotopic (exact) mass is 940 g/mol. The molecule has 0 saturated heterocycles. The van der Waals surface area contributed by atoms with E-state index in [0.717, 1.165) is 50.3 Å². The number of hydrogen-bond acceptors (Lipinski definition) is 0. The summed E-state index contributed by atoms with van der Waals surface area (Å²) in [5.41, 5.74) is 23.4. The number of fused-ring (bicyclic) bond motifs is 6. The third-order valence-corrected chi connectivity index (χ3v) is 14.9. The number of para-hydroxylation sites is 4. The number of hydrogen-bond donors (Lipinski definition) is 0. The minimum Gasteiger partial charge on any atom is -0.309 e. The minimum absolute atomic E-state index is 1.14. The van der Waals surface area contributed by atoms with E-state index in [1.54, 1.807) is 0 Å². The maximum Gasteiger partial charge on any atom is 0.0541 e. The van der Waals surface area contributed by atoms with Gasteiger partial charge in [0.05, 0.1) is 22.1 Å². The van der Waals surface area contributed by atoms with Crippen molar-refractivity contribution in [2.75, 3.05) is 0 Å². The van der Waals surface area contributed by atoms with Crippen LogP contribution in [0.1, 0.15) is 0 Å². The van der Waals surface area contributed by atoms with Gasteiger partial charge in [0.1, 0.15) is 0 Å². The molecule has 0 aliphatic heterocycles. The molecule has 0 saturated carbocycles. The van der Waals surface area contributed by atoms with Gasteiger partial charge in [0.15, 0.2) is 0 Å². The van der Waals surface area contributed by atoms with E-state index in [-0.39, 0.29) is 0 Å². The van der Waals surface area contributed by atoms with Crippen molar-refractivity contribution in [3.8, 4) is 89.3 Å². The van der Waals surface area contributed by atoms with Gasteiger partial charge in [0.25, 0.3) is 0 Å². The molecule has 12 aromatic carbocycles. The third-order valence-electron chi connectivity index (χ3n) is 14.9. The van der Waals surface area contributed by atoms with Crippen LogP contribution in [0, 0.1) is 0 Å². The Morgan fingerprint density at radius 1 is 0.149 bits per heavy atom. The topological polar surface area (TPSA) is 9.86 Å². The Balaban J connectivity index is 0.948. The molecule has 2 aromatic heterocycles. The van der Waals surface area contributed by atoms with Gasteiger partial charge < -0.3 is 9.13 Å². The number of aromatic nitrogens is 2. The first-order valence-electron chi connectivity index (χ1n) is 25.5. The van der Waals surface area contributed by atoms with E-state index in [4.69, 9.17) is 0 Å². The van der Waals surface area contributed by atoms with Crippen LogP contribution in [-0.4, -0.2) is 9.13 Å². The minimum atomic E-state index is 1.14. The Kier molecular flexibility index (Phi) is 10.6. The van der Waals surface area contributed by atoms with Gasteiger partial charge in [-0.1, -0.05) is 188 Å². The van der Waals surface area contributed by atoms with Crippen molar-refractivity contribution in [2.24, 2.45) is 0 Å². The van der Waals surface area contributed by atoms with E-state index in [1.165, 1.54) is 82.6 Å². The predicted octanol–water partition coefficient (Wildman–Crippen LogP) is 19.5. The molecule has 2 nitrogen and oxygen atoms in total.